The summed E-state index contributed by atoms with van der Waals surface area (Å²) >= 11 is 0. The van der Waals surface area contributed by atoms with Crippen molar-refractivity contribution >= 4 is 11.4 Å². The van der Waals surface area contributed by atoms with Crippen LogP contribution in [0.25, 0.3) is 5.57 Å². The molecule has 0 N–H and O–H groups in total. The summed E-state index contributed by atoms with van der Waals surface area (Å²) < 4.78 is 0. The number of carbonyl (C=O) groups excluding carboxylic acids is 1. The quantitative estimate of drug-likeness (QED) is 0.634. The predicted octanol–water partition coefficient (Wildman–Crippen LogP) is 6.05. The minimum atomic E-state index is 0.173. The molecular formula is C23H26O. The van der Waals surface area contributed by atoms with Crippen molar-refractivity contribution in [3.05, 3.63) is 77.9 Å². The minimum Gasteiger partial charge on any atom is -0.300 e. The van der Waals surface area contributed by atoms with Crippen LogP contribution in [0.5, 0.6) is 0 Å². The Labute approximate surface area is 145 Å². The molecule has 0 aliphatic heterocycles. The van der Waals surface area contributed by atoms with Gasteiger partial charge >= 0.3 is 0 Å². The Kier molecular flexibility index (Phi) is 5.30. The lowest BCUT2D eigenvalue weighted by Gasteiger charge is -2.27. The maximum Gasteiger partial charge on any atom is 0.129 e. The summed E-state index contributed by atoms with van der Waals surface area (Å²) in [6, 6.07) is 21.3. The zero-order chi connectivity index (χ0) is 16.8. The average Bonchev–Trinajstić information content (AvgIpc) is 3.09. The van der Waals surface area contributed by atoms with Crippen molar-refractivity contribution < 1.29 is 4.79 Å². The van der Waals surface area contributed by atoms with E-state index in [4.69, 9.17) is 0 Å². The molecule has 1 aliphatic rings. The lowest BCUT2D eigenvalue weighted by atomic mass is 9.77. The normalized spacial score (nSPS) is 15.9. The van der Waals surface area contributed by atoms with Gasteiger partial charge in [0.2, 0.25) is 0 Å². The van der Waals surface area contributed by atoms with Gasteiger partial charge in [0, 0.05) is 6.42 Å². The molecule has 0 bridgehead atoms. The lowest BCUT2D eigenvalue weighted by Crippen LogP contribution is -2.15. The van der Waals surface area contributed by atoms with Gasteiger partial charge in [0.05, 0.1) is 0 Å². The van der Waals surface area contributed by atoms with Crippen LogP contribution in [0.3, 0.4) is 0 Å². The van der Waals surface area contributed by atoms with E-state index in [-0.39, 0.29) is 5.41 Å². The van der Waals surface area contributed by atoms with Crippen molar-refractivity contribution in [2.75, 3.05) is 0 Å². The summed E-state index contributed by atoms with van der Waals surface area (Å²) in [7, 11) is 0. The molecule has 1 heteroatoms. The van der Waals surface area contributed by atoms with E-state index in [1.807, 2.05) is 0 Å². The molecule has 1 fully saturated rings. The van der Waals surface area contributed by atoms with Gasteiger partial charge in [-0.2, -0.15) is 0 Å². The first-order valence-electron chi connectivity index (χ1n) is 9.02. The Bertz CT molecular complexity index is 650. The summed E-state index contributed by atoms with van der Waals surface area (Å²) in [5.41, 5.74) is 4.00. The second-order valence-corrected chi connectivity index (χ2v) is 7.06. The van der Waals surface area contributed by atoms with Gasteiger partial charge in [-0.15, -0.1) is 0 Å². The van der Waals surface area contributed by atoms with Crippen LogP contribution in [0, 0.1) is 5.41 Å². The number of allylic oxidation sites excluding steroid dienone is 1. The van der Waals surface area contributed by atoms with Gasteiger partial charge in [0.15, 0.2) is 0 Å². The molecule has 0 amide bonds. The van der Waals surface area contributed by atoms with Crippen LogP contribution in [0.15, 0.2) is 66.7 Å². The van der Waals surface area contributed by atoms with Crippen LogP contribution in [-0.4, -0.2) is 5.78 Å². The molecule has 2 aromatic rings. The summed E-state index contributed by atoms with van der Waals surface area (Å²) in [5, 5.41) is 0. The van der Waals surface area contributed by atoms with E-state index in [1.165, 1.54) is 42.4 Å². The highest BCUT2D eigenvalue weighted by Crippen LogP contribution is 2.45. The number of benzene rings is 2. The number of rotatable bonds is 6. The van der Waals surface area contributed by atoms with Crippen LogP contribution in [0.2, 0.25) is 0 Å². The molecule has 124 valence electrons. The van der Waals surface area contributed by atoms with Crippen LogP contribution in [0.1, 0.15) is 56.6 Å². The van der Waals surface area contributed by atoms with E-state index >= 15 is 0 Å². The Morgan fingerprint density at radius 3 is 1.88 bits per heavy atom. The van der Waals surface area contributed by atoms with Gasteiger partial charge in [-0.25, -0.2) is 0 Å². The molecule has 0 unspecified atom stereocenters. The van der Waals surface area contributed by atoms with Gasteiger partial charge in [0.25, 0.3) is 0 Å². The molecule has 0 heterocycles. The first-order valence-corrected chi connectivity index (χ1v) is 9.02. The first-order chi connectivity index (χ1) is 11.7. The van der Waals surface area contributed by atoms with E-state index in [9.17, 15) is 4.79 Å². The first kappa shape index (κ1) is 16.7. The maximum absolute atomic E-state index is 11.5. The molecule has 0 saturated heterocycles. The van der Waals surface area contributed by atoms with Gasteiger partial charge in [-0.3, -0.25) is 0 Å². The molecule has 3 rings (SSSR count). The fourth-order valence-electron chi connectivity index (χ4n) is 3.85. The smallest absolute Gasteiger partial charge is 0.129 e. The van der Waals surface area contributed by atoms with E-state index in [1.54, 1.807) is 6.92 Å². The standard InChI is InChI=1S/C23H26O/c1-19(24)14-17-23(15-8-9-16-23)18-22(20-10-4-2-5-11-20)21-12-6-3-7-13-21/h2-7,10-13,18H,8-9,14-17H2,1H3. The third kappa shape index (κ3) is 4.03. The Morgan fingerprint density at radius 2 is 1.42 bits per heavy atom. The van der Waals surface area contributed by atoms with Crippen LogP contribution in [0.4, 0.5) is 0 Å². The van der Waals surface area contributed by atoms with Crippen molar-refractivity contribution in [2.45, 2.75) is 45.4 Å². The highest BCUT2D eigenvalue weighted by atomic mass is 16.1. The summed E-state index contributed by atoms with van der Waals surface area (Å²) in [4.78, 5) is 11.5. The number of Topliss-reactive ketones (excluding diaryl/α,β-unsaturated/α-hetero) is 1. The molecule has 1 nitrogen and oxygen atoms in total. The third-order valence-corrected chi connectivity index (χ3v) is 5.19. The molecule has 24 heavy (non-hydrogen) atoms. The highest BCUT2D eigenvalue weighted by Gasteiger charge is 2.32. The molecule has 1 aliphatic carbocycles. The average molecular weight is 318 g/mol. The molecule has 0 spiro atoms. The summed E-state index contributed by atoms with van der Waals surface area (Å²) in [5.74, 6) is 0.302. The van der Waals surface area contributed by atoms with Gasteiger partial charge < -0.3 is 4.79 Å². The van der Waals surface area contributed by atoms with Crippen molar-refractivity contribution in [1.82, 2.24) is 0 Å². The molecular weight excluding hydrogens is 292 g/mol. The Balaban J connectivity index is 2.03. The lowest BCUT2D eigenvalue weighted by molar-refractivity contribution is -0.117. The zero-order valence-electron chi connectivity index (χ0n) is 14.5. The van der Waals surface area contributed by atoms with E-state index in [0.29, 0.717) is 12.2 Å². The van der Waals surface area contributed by atoms with E-state index < -0.39 is 0 Å². The van der Waals surface area contributed by atoms with Crippen molar-refractivity contribution in [3.8, 4) is 0 Å². The van der Waals surface area contributed by atoms with Crippen LogP contribution >= 0.6 is 0 Å². The fourth-order valence-corrected chi connectivity index (χ4v) is 3.85. The Hall–Kier alpha value is -2.15. The van der Waals surface area contributed by atoms with E-state index in [2.05, 4.69) is 66.7 Å². The summed E-state index contributed by atoms with van der Waals surface area (Å²) in [6.07, 6.45) is 9.08. The Morgan fingerprint density at radius 1 is 0.917 bits per heavy atom. The van der Waals surface area contributed by atoms with Gasteiger partial charge in [-0.1, -0.05) is 79.6 Å². The number of hydrogen-bond donors (Lipinski definition) is 0. The van der Waals surface area contributed by atoms with Crippen LogP contribution < -0.4 is 0 Å². The van der Waals surface area contributed by atoms with Crippen molar-refractivity contribution in [3.63, 3.8) is 0 Å². The summed E-state index contributed by atoms with van der Waals surface area (Å²) in [6.45, 7) is 1.71. The molecule has 2 aromatic carbocycles. The zero-order valence-corrected chi connectivity index (χ0v) is 14.5. The SMILES string of the molecule is CC(=O)CCC1(C=C(c2ccccc2)c2ccccc2)CCCC1. The highest BCUT2D eigenvalue weighted by molar-refractivity contribution is 5.80. The predicted molar refractivity (Wildman–Crippen MR) is 101 cm³/mol. The minimum absolute atomic E-state index is 0.173. The number of ketones is 1. The molecule has 0 radical (unpaired) electrons. The monoisotopic (exact) mass is 318 g/mol. The molecule has 0 atom stereocenters. The number of carbonyl (C=O) groups is 1. The third-order valence-electron chi connectivity index (χ3n) is 5.19. The van der Waals surface area contributed by atoms with E-state index in [0.717, 1.165) is 6.42 Å². The second-order valence-electron chi connectivity index (χ2n) is 7.06. The van der Waals surface area contributed by atoms with Gasteiger partial charge in [0.1, 0.15) is 5.78 Å². The second kappa shape index (κ2) is 7.61. The van der Waals surface area contributed by atoms with Gasteiger partial charge in [-0.05, 0) is 48.3 Å². The molecule has 0 aromatic heterocycles. The largest absolute Gasteiger partial charge is 0.300 e. The maximum atomic E-state index is 11.5. The topological polar surface area (TPSA) is 17.1 Å². The van der Waals surface area contributed by atoms with Crippen LogP contribution in [-0.2, 0) is 4.79 Å². The fraction of sp³-hybridized carbons (Fsp3) is 0.348. The van der Waals surface area contributed by atoms with Crippen molar-refractivity contribution in [1.29, 1.82) is 0 Å². The number of hydrogen-bond acceptors (Lipinski definition) is 1. The van der Waals surface area contributed by atoms with Crippen molar-refractivity contribution in [2.24, 2.45) is 5.41 Å². The molecule has 1 saturated carbocycles.